The molecule has 5 heteroatoms. The van der Waals surface area contributed by atoms with Crippen molar-refractivity contribution in [3.05, 3.63) is 0 Å². The summed E-state index contributed by atoms with van der Waals surface area (Å²) in [5.74, 6) is 1.07. The van der Waals surface area contributed by atoms with Crippen molar-refractivity contribution in [1.82, 2.24) is 10.2 Å². The van der Waals surface area contributed by atoms with Crippen LogP contribution in [0.3, 0.4) is 0 Å². The fourth-order valence-electron chi connectivity index (χ4n) is 1.82. The van der Waals surface area contributed by atoms with E-state index in [2.05, 4.69) is 18.5 Å². The van der Waals surface area contributed by atoms with E-state index in [-0.39, 0.29) is 18.1 Å². The van der Waals surface area contributed by atoms with Crippen molar-refractivity contribution < 1.29 is 9.53 Å². The van der Waals surface area contributed by atoms with Crippen molar-refractivity contribution in [3.8, 4) is 0 Å². The van der Waals surface area contributed by atoms with E-state index in [0.29, 0.717) is 6.04 Å². The summed E-state index contributed by atoms with van der Waals surface area (Å²) in [6.07, 6.45) is 3.06. The second kappa shape index (κ2) is 6.61. The van der Waals surface area contributed by atoms with Gasteiger partial charge in [-0.15, -0.1) is 0 Å². The van der Waals surface area contributed by atoms with Gasteiger partial charge in [0.2, 0.25) is 5.91 Å². The van der Waals surface area contributed by atoms with Gasteiger partial charge in [-0.1, -0.05) is 6.92 Å². The van der Waals surface area contributed by atoms with E-state index in [1.165, 1.54) is 0 Å². The summed E-state index contributed by atoms with van der Waals surface area (Å²) in [5, 5.41) is 3.16. The van der Waals surface area contributed by atoms with Crippen LogP contribution in [-0.4, -0.2) is 61.2 Å². The van der Waals surface area contributed by atoms with Crippen molar-refractivity contribution in [2.75, 3.05) is 38.8 Å². The summed E-state index contributed by atoms with van der Waals surface area (Å²) in [6, 6.07) is 0.313. The van der Waals surface area contributed by atoms with Gasteiger partial charge >= 0.3 is 0 Å². The Labute approximate surface area is 108 Å². The number of hydrogen-bond acceptors (Lipinski definition) is 4. The Kier molecular flexibility index (Phi) is 5.76. The van der Waals surface area contributed by atoms with Gasteiger partial charge in [-0.25, -0.2) is 0 Å². The molecule has 0 saturated carbocycles. The van der Waals surface area contributed by atoms with Gasteiger partial charge in [-0.05, 0) is 19.6 Å². The molecule has 0 aliphatic carbocycles. The van der Waals surface area contributed by atoms with Crippen LogP contribution < -0.4 is 5.32 Å². The first-order chi connectivity index (χ1) is 8.02. The van der Waals surface area contributed by atoms with E-state index < -0.39 is 0 Å². The van der Waals surface area contributed by atoms with E-state index in [1.54, 1.807) is 11.8 Å². The highest BCUT2D eigenvalue weighted by atomic mass is 32.2. The van der Waals surface area contributed by atoms with Crippen LogP contribution in [0.4, 0.5) is 0 Å². The summed E-state index contributed by atoms with van der Waals surface area (Å²) in [4.78, 5) is 13.8. The Hall–Kier alpha value is -0.260. The predicted molar refractivity (Wildman–Crippen MR) is 72.5 cm³/mol. The Morgan fingerprint density at radius 3 is 2.65 bits per heavy atom. The number of carbonyl (C=O) groups excluding carboxylic acids is 1. The van der Waals surface area contributed by atoms with E-state index in [9.17, 15) is 4.79 Å². The van der Waals surface area contributed by atoms with Gasteiger partial charge in [0.05, 0.1) is 5.60 Å². The lowest BCUT2D eigenvalue weighted by Gasteiger charge is -2.39. The summed E-state index contributed by atoms with van der Waals surface area (Å²) >= 11 is 1.77. The van der Waals surface area contributed by atoms with Crippen LogP contribution in [0.5, 0.6) is 0 Å². The molecule has 1 amide bonds. The highest BCUT2D eigenvalue weighted by Crippen LogP contribution is 2.16. The second-order valence-corrected chi connectivity index (χ2v) is 5.77. The van der Waals surface area contributed by atoms with Gasteiger partial charge in [-0.3, -0.25) is 4.79 Å². The lowest BCUT2D eigenvalue weighted by atomic mass is 10.0. The molecule has 0 radical (unpaired) electrons. The van der Waals surface area contributed by atoms with Gasteiger partial charge in [0, 0.05) is 31.9 Å². The lowest BCUT2D eigenvalue weighted by molar-refractivity contribution is -0.146. The maximum Gasteiger partial charge on any atom is 0.248 e. The fourth-order valence-corrected chi connectivity index (χ4v) is 2.66. The fraction of sp³-hybridized carbons (Fsp3) is 0.917. The molecule has 1 rings (SSSR count). The molecular formula is C12H24N2O2S. The highest BCUT2D eigenvalue weighted by Gasteiger charge is 2.33. The Morgan fingerprint density at radius 1 is 1.59 bits per heavy atom. The zero-order valence-electron chi connectivity index (χ0n) is 11.3. The number of rotatable bonds is 7. The van der Waals surface area contributed by atoms with Crippen LogP contribution in [0.15, 0.2) is 0 Å². The number of ether oxygens (including phenoxy) is 1. The molecule has 1 fully saturated rings. The van der Waals surface area contributed by atoms with Crippen molar-refractivity contribution >= 4 is 17.7 Å². The third-order valence-corrected chi connectivity index (χ3v) is 4.03. The van der Waals surface area contributed by atoms with Crippen molar-refractivity contribution in [1.29, 1.82) is 0 Å². The second-order valence-electron chi connectivity index (χ2n) is 4.86. The van der Waals surface area contributed by atoms with Crippen molar-refractivity contribution in [2.24, 2.45) is 0 Å². The largest absolute Gasteiger partial charge is 0.363 e. The first kappa shape index (κ1) is 14.8. The molecule has 1 heterocycles. The minimum atomic E-state index is -0.141. The van der Waals surface area contributed by atoms with Gasteiger partial charge in [0.15, 0.2) is 0 Å². The van der Waals surface area contributed by atoms with E-state index in [4.69, 9.17) is 4.74 Å². The van der Waals surface area contributed by atoms with Gasteiger partial charge in [0.25, 0.3) is 0 Å². The maximum absolute atomic E-state index is 12.0. The molecule has 17 heavy (non-hydrogen) atoms. The summed E-state index contributed by atoms with van der Waals surface area (Å²) in [5.41, 5.74) is -0.141. The normalized spacial score (nSPS) is 19.5. The molecular weight excluding hydrogens is 236 g/mol. The molecule has 1 saturated heterocycles. The Morgan fingerprint density at radius 2 is 2.24 bits per heavy atom. The van der Waals surface area contributed by atoms with Crippen LogP contribution in [0, 0.1) is 0 Å². The SMILES string of the molecule is CCC(CSC)N(C)C(=O)COC1(C)CNC1. The maximum atomic E-state index is 12.0. The average Bonchev–Trinajstić information content (AvgIpc) is 2.29. The minimum Gasteiger partial charge on any atom is -0.363 e. The first-order valence-corrected chi connectivity index (χ1v) is 7.51. The molecule has 0 aromatic heterocycles. The van der Waals surface area contributed by atoms with Crippen LogP contribution in [0.1, 0.15) is 20.3 Å². The molecule has 0 aromatic rings. The number of hydrogen-bond donors (Lipinski definition) is 1. The molecule has 1 aliphatic heterocycles. The highest BCUT2D eigenvalue weighted by molar-refractivity contribution is 7.98. The van der Waals surface area contributed by atoms with Crippen LogP contribution in [0.25, 0.3) is 0 Å². The number of carbonyl (C=O) groups is 1. The lowest BCUT2D eigenvalue weighted by Crippen LogP contribution is -2.59. The summed E-state index contributed by atoms with van der Waals surface area (Å²) in [7, 11) is 1.87. The third kappa shape index (κ3) is 4.16. The minimum absolute atomic E-state index is 0.0824. The number of nitrogens with one attached hydrogen (secondary N) is 1. The smallest absolute Gasteiger partial charge is 0.248 e. The molecule has 4 nitrogen and oxygen atoms in total. The van der Waals surface area contributed by atoms with Gasteiger partial charge in [0.1, 0.15) is 6.61 Å². The van der Waals surface area contributed by atoms with E-state index in [1.807, 2.05) is 18.9 Å². The van der Waals surface area contributed by atoms with Gasteiger partial charge < -0.3 is 15.0 Å². The standard InChI is InChI=1S/C12H24N2O2S/c1-5-10(7-17-4)14(3)11(15)6-16-12(2)8-13-9-12/h10,13H,5-9H2,1-4H3. The zero-order chi connectivity index (χ0) is 12.9. The molecule has 1 atom stereocenters. The predicted octanol–water partition coefficient (Wildman–Crippen LogP) is 0.965. The van der Waals surface area contributed by atoms with Crippen LogP contribution in [0.2, 0.25) is 0 Å². The quantitative estimate of drug-likeness (QED) is 0.740. The molecule has 1 unspecified atom stereocenters. The molecule has 100 valence electrons. The first-order valence-electron chi connectivity index (χ1n) is 6.11. The molecule has 0 bridgehead atoms. The van der Waals surface area contributed by atoms with E-state index >= 15 is 0 Å². The van der Waals surface area contributed by atoms with Crippen LogP contribution in [-0.2, 0) is 9.53 Å². The number of amides is 1. The third-order valence-electron chi connectivity index (χ3n) is 3.31. The van der Waals surface area contributed by atoms with E-state index in [0.717, 1.165) is 25.3 Å². The summed E-state index contributed by atoms with van der Waals surface area (Å²) in [6.45, 7) is 6.02. The van der Waals surface area contributed by atoms with Crippen LogP contribution >= 0.6 is 11.8 Å². The van der Waals surface area contributed by atoms with Gasteiger partial charge in [-0.2, -0.15) is 11.8 Å². The van der Waals surface area contributed by atoms with Crippen molar-refractivity contribution in [2.45, 2.75) is 31.9 Å². The topological polar surface area (TPSA) is 41.6 Å². The molecule has 1 N–H and O–H groups in total. The number of thioether (sulfide) groups is 1. The Bertz CT molecular complexity index is 257. The number of likely N-dealkylation sites (N-methyl/N-ethyl adjacent to an activating group) is 1. The number of nitrogens with zero attached hydrogens (tertiary/aromatic N) is 1. The molecule has 1 aliphatic rings. The monoisotopic (exact) mass is 260 g/mol. The average molecular weight is 260 g/mol. The Balaban J connectivity index is 2.34. The van der Waals surface area contributed by atoms with Crippen molar-refractivity contribution in [3.63, 3.8) is 0 Å². The summed E-state index contributed by atoms with van der Waals surface area (Å²) < 4.78 is 5.66. The molecule has 0 aromatic carbocycles. The zero-order valence-corrected chi connectivity index (χ0v) is 12.1. The molecule has 0 spiro atoms.